The fourth-order valence-electron chi connectivity index (χ4n) is 0. The van der Waals surface area contributed by atoms with Crippen molar-refractivity contribution in [3.63, 3.8) is 0 Å². The van der Waals surface area contributed by atoms with E-state index in [1.54, 1.807) is 0 Å². The summed E-state index contributed by atoms with van der Waals surface area (Å²) in [5.41, 5.74) is 0. The molecule has 0 radical (unpaired) electrons. The van der Waals surface area contributed by atoms with Gasteiger partial charge in [-0.1, -0.05) is 0 Å². The van der Waals surface area contributed by atoms with E-state index >= 15 is 0 Å². The number of phosphoric acid groups is 1. The molecular weight excluding hydrogens is 213 g/mol. The number of carbonyl (C=O) groups is 1. The number of carboxylic acids is 1. The van der Waals surface area contributed by atoms with Crippen LogP contribution < -0.4 is 101 Å². The number of hydrogen-bond donors (Lipinski definition) is 0. The first kappa shape index (κ1) is 23.2. The second-order valence-corrected chi connectivity index (χ2v) is 1.83. The minimum absolute atomic E-state index is 0. The molecule has 0 amide bonds. The van der Waals surface area contributed by atoms with Gasteiger partial charge in [-0.05, 0) is 6.92 Å². The van der Waals surface area contributed by atoms with Crippen molar-refractivity contribution in [2.45, 2.75) is 6.92 Å². The summed E-state index contributed by atoms with van der Waals surface area (Å²) in [6.07, 6.45) is 0. The second kappa shape index (κ2) is 12.2. The summed E-state index contributed by atoms with van der Waals surface area (Å²) in [6.45, 7) is 0.972. The molecule has 0 rings (SSSR count). The van der Waals surface area contributed by atoms with Crippen LogP contribution in [0.5, 0.6) is 0 Å². The normalized spacial score (nSPS) is 7.64. The van der Waals surface area contributed by atoms with Crippen molar-refractivity contribution in [2.24, 2.45) is 0 Å². The summed E-state index contributed by atoms with van der Waals surface area (Å²) in [4.78, 5) is 34.5. The Hall–Kier alpha value is 2.22. The van der Waals surface area contributed by atoms with Gasteiger partial charge in [0.1, 0.15) is 0 Å². The summed E-state index contributed by atoms with van der Waals surface area (Å²) in [6, 6.07) is 0. The molecule has 0 aliphatic heterocycles. The number of carboxylic acid groups (broad SMARTS) is 1. The first-order chi connectivity index (χ1) is 3.73. The van der Waals surface area contributed by atoms with Gasteiger partial charge in [-0.3, -0.25) is 0 Å². The third-order valence-corrected chi connectivity index (χ3v) is 0. The molecule has 0 N–H and O–H groups in total. The molecule has 11 heavy (non-hydrogen) atoms. The molecule has 0 spiro atoms. The maximum atomic E-state index is 8.89. The van der Waals surface area contributed by atoms with Gasteiger partial charge in [-0.2, -0.15) is 7.82 Å². The van der Waals surface area contributed by atoms with Crippen molar-refractivity contribution in [3.8, 4) is 0 Å². The molecule has 0 unspecified atom stereocenters. The van der Waals surface area contributed by atoms with Gasteiger partial charge in [-0.15, -0.1) is 0 Å². The van der Waals surface area contributed by atoms with E-state index in [2.05, 4.69) is 0 Å². The molecule has 0 aromatic rings. The number of rotatable bonds is 0. The molecule has 0 saturated carbocycles. The third kappa shape index (κ3) is 260. The molecule has 0 aromatic heterocycles. The van der Waals surface area contributed by atoms with Gasteiger partial charge in [0.25, 0.3) is 0 Å². The fourth-order valence-corrected chi connectivity index (χ4v) is 0. The molecule has 0 bridgehead atoms. The Kier molecular flexibility index (Phi) is 25.8. The van der Waals surface area contributed by atoms with E-state index < -0.39 is 13.8 Å². The van der Waals surface area contributed by atoms with E-state index in [0.717, 1.165) is 6.92 Å². The molecule has 0 fully saturated rings. The van der Waals surface area contributed by atoms with Crippen LogP contribution in [0.2, 0.25) is 0 Å². The van der Waals surface area contributed by atoms with E-state index in [1.165, 1.54) is 0 Å². The predicted octanol–water partition coefficient (Wildman–Crippen LogP) is -10.1. The molecule has 0 saturated heterocycles. The first-order valence-electron chi connectivity index (χ1n) is 1.64. The summed E-state index contributed by atoms with van der Waals surface area (Å²) >= 11 is 0. The third-order valence-electron chi connectivity index (χ3n) is 0. The zero-order valence-corrected chi connectivity index (χ0v) is 12.4. The summed E-state index contributed by atoms with van der Waals surface area (Å²) < 4.78 is 8.55. The van der Waals surface area contributed by atoms with Gasteiger partial charge < -0.3 is 29.1 Å². The minimum Gasteiger partial charge on any atom is -0.822 e. The smallest absolute Gasteiger partial charge is 0.822 e. The average molecular weight is 216 g/mol. The zero-order chi connectivity index (χ0) is 8.08. The van der Waals surface area contributed by atoms with Gasteiger partial charge >= 0.3 is 80.9 Å². The van der Waals surface area contributed by atoms with Crippen molar-refractivity contribution >= 4 is 13.8 Å². The Morgan fingerprint density at radius 3 is 1.27 bits per heavy atom. The summed E-state index contributed by atoms with van der Waals surface area (Å²) in [7, 11) is -5.39. The Morgan fingerprint density at radius 1 is 1.27 bits per heavy atom. The Morgan fingerprint density at radius 2 is 1.27 bits per heavy atom. The molecule has 0 aliphatic rings. The van der Waals surface area contributed by atoms with Crippen molar-refractivity contribution < 1.29 is 110 Å². The number of hydrogen-bond acceptors (Lipinski definition) is 6. The van der Waals surface area contributed by atoms with E-state index in [1.807, 2.05) is 0 Å². The Labute approximate surface area is 128 Å². The standard InChI is InChI=1S/C2H4O2.K.Na.H3O4P/c1-2(3)4;;;1-5(2,3)4/h1H3,(H,3,4);;;(H3,1,2,3,4)/q;2*+1;/p-4. The quantitative estimate of drug-likeness (QED) is 0.292. The van der Waals surface area contributed by atoms with Gasteiger partial charge in [0.15, 0.2) is 0 Å². The van der Waals surface area contributed by atoms with Crippen LogP contribution in [0.4, 0.5) is 0 Å². The average Bonchev–Trinajstić information content (AvgIpc) is 1.19. The van der Waals surface area contributed by atoms with Crippen molar-refractivity contribution in [2.75, 3.05) is 0 Å². The molecule has 6 nitrogen and oxygen atoms in total. The number of carbonyl (C=O) groups excluding carboxylic acids is 1. The van der Waals surface area contributed by atoms with Crippen LogP contribution in [-0.2, 0) is 9.36 Å². The predicted molar refractivity (Wildman–Crippen MR) is 18.3 cm³/mol. The largest absolute Gasteiger partial charge is 1.00 e. The van der Waals surface area contributed by atoms with E-state index in [-0.39, 0.29) is 80.9 Å². The SMILES string of the molecule is CC(=O)[O-].O=P([O-])([O-])[O-].[K+].[Na+]. The minimum atomic E-state index is -5.39. The number of aliphatic carboxylic acids is 1. The van der Waals surface area contributed by atoms with E-state index in [0.29, 0.717) is 0 Å². The van der Waals surface area contributed by atoms with Crippen molar-refractivity contribution in [3.05, 3.63) is 0 Å². The summed E-state index contributed by atoms with van der Waals surface area (Å²) in [5, 5.41) is 8.89. The maximum Gasteiger partial charge on any atom is 1.00 e. The molecule has 0 aromatic carbocycles. The van der Waals surface area contributed by atoms with Crippen LogP contribution in [0.1, 0.15) is 6.92 Å². The van der Waals surface area contributed by atoms with Crippen LogP contribution in [0, 0.1) is 0 Å². The Balaban J connectivity index is -0.0000000383. The van der Waals surface area contributed by atoms with Gasteiger partial charge in [0, 0.05) is 5.97 Å². The van der Waals surface area contributed by atoms with Crippen LogP contribution in [0.25, 0.3) is 0 Å². The molecule has 0 atom stereocenters. The molecule has 9 heteroatoms. The van der Waals surface area contributed by atoms with Crippen LogP contribution in [0.3, 0.4) is 0 Å². The molecular formula is C2H3KNaO6P-2. The molecule has 56 valence electrons. The van der Waals surface area contributed by atoms with E-state index in [9.17, 15) is 0 Å². The monoisotopic (exact) mass is 216 g/mol. The van der Waals surface area contributed by atoms with E-state index in [4.69, 9.17) is 29.1 Å². The topological polar surface area (TPSA) is 126 Å². The van der Waals surface area contributed by atoms with Crippen LogP contribution in [-0.4, -0.2) is 5.97 Å². The van der Waals surface area contributed by atoms with Crippen molar-refractivity contribution in [1.29, 1.82) is 0 Å². The van der Waals surface area contributed by atoms with Crippen LogP contribution in [0.15, 0.2) is 0 Å². The van der Waals surface area contributed by atoms with Gasteiger partial charge in [0.2, 0.25) is 0 Å². The van der Waals surface area contributed by atoms with Crippen molar-refractivity contribution in [1.82, 2.24) is 0 Å². The zero-order valence-electron chi connectivity index (χ0n) is 6.40. The van der Waals surface area contributed by atoms with Gasteiger partial charge in [-0.25, -0.2) is 0 Å². The van der Waals surface area contributed by atoms with Gasteiger partial charge in [0.05, 0.1) is 0 Å². The maximum absolute atomic E-state index is 8.89. The first-order valence-corrected chi connectivity index (χ1v) is 3.10. The summed E-state index contributed by atoms with van der Waals surface area (Å²) in [5.74, 6) is -1.08. The Bertz CT molecular complexity index is 120. The second-order valence-electron chi connectivity index (χ2n) is 0.939. The van der Waals surface area contributed by atoms with Crippen LogP contribution >= 0.6 is 7.82 Å². The fraction of sp³-hybridized carbons (Fsp3) is 0.500. The molecule has 0 heterocycles. The molecule has 0 aliphatic carbocycles.